The lowest BCUT2D eigenvalue weighted by Gasteiger charge is -2.39. The molecule has 3 heterocycles. The molecule has 8 nitrogen and oxygen atoms in total. The molecule has 1 atom stereocenters. The number of hydrogen-bond acceptors (Lipinski definition) is 6. The maximum Gasteiger partial charge on any atom is 0.276 e. The Morgan fingerprint density at radius 1 is 1.04 bits per heavy atom. The second-order valence-electron chi connectivity index (χ2n) is 6.05. The highest BCUT2D eigenvalue weighted by molar-refractivity contribution is 5.95. The van der Waals surface area contributed by atoms with Crippen molar-refractivity contribution < 1.29 is 18.4 Å². The summed E-state index contributed by atoms with van der Waals surface area (Å²) >= 11 is 0. The second kappa shape index (κ2) is 7.08. The van der Waals surface area contributed by atoms with E-state index in [1.807, 2.05) is 20.8 Å². The van der Waals surface area contributed by atoms with Crippen molar-refractivity contribution in [2.45, 2.75) is 39.7 Å². The van der Waals surface area contributed by atoms with Crippen LogP contribution in [0.15, 0.2) is 21.6 Å². The number of carbonyl (C=O) groups is 2. The molecular weight excluding hydrogens is 324 g/mol. The number of piperazine rings is 1. The first-order valence-electron chi connectivity index (χ1n) is 8.51. The summed E-state index contributed by atoms with van der Waals surface area (Å²) in [5.41, 5.74) is 0.721. The molecule has 0 aromatic carbocycles. The number of aromatic nitrogens is 2. The van der Waals surface area contributed by atoms with Crippen LogP contribution in [0.3, 0.4) is 0 Å². The highest BCUT2D eigenvalue weighted by Gasteiger charge is 2.33. The lowest BCUT2D eigenvalue weighted by molar-refractivity contribution is 0.0406. The van der Waals surface area contributed by atoms with Crippen LogP contribution in [0, 0.1) is 0 Å². The molecule has 134 valence electrons. The molecule has 0 unspecified atom stereocenters. The molecule has 8 heteroatoms. The van der Waals surface area contributed by atoms with Crippen LogP contribution in [0.4, 0.5) is 0 Å². The Labute approximate surface area is 145 Å². The normalized spacial score (nSPS) is 17.8. The molecule has 0 spiro atoms. The van der Waals surface area contributed by atoms with Gasteiger partial charge < -0.3 is 18.6 Å². The van der Waals surface area contributed by atoms with Crippen molar-refractivity contribution in [3.05, 3.63) is 35.7 Å². The number of rotatable bonds is 4. The molecule has 2 amide bonds. The number of nitrogens with zero attached hydrogens (tertiary/aromatic N) is 4. The molecule has 1 aliphatic heterocycles. The van der Waals surface area contributed by atoms with Gasteiger partial charge in [-0.3, -0.25) is 9.59 Å². The van der Waals surface area contributed by atoms with Gasteiger partial charge in [0.15, 0.2) is 24.2 Å². The first-order valence-corrected chi connectivity index (χ1v) is 8.51. The lowest BCUT2D eigenvalue weighted by Crippen LogP contribution is -2.55. The van der Waals surface area contributed by atoms with Crippen LogP contribution in [0.1, 0.15) is 53.3 Å². The van der Waals surface area contributed by atoms with E-state index in [1.165, 1.54) is 12.8 Å². The Bertz CT molecular complexity index is 766. The first-order chi connectivity index (χ1) is 12.1. The minimum atomic E-state index is -0.153. The van der Waals surface area contributed by atoms with Crippen LogP contribution in [-0.4, -0.2) is 57.3 Å². The summed E-state index contributed by atoms with van der Waals surface area (Å²) in [6.45, 7) is 7.10. The van der Waals surface area contributed by atoms with Gasteiger partial charge >= 0.3 is 0 Å². The molecule has 0 bridgehead atoms. The van der Waals surface area contributed by atoms with E-state index < -0.39 is 0 Å². The van der Waals surface area contributed by atoms with E-state index in [1.54, 1.807) is 9.80 Å². The first kappa shape index (κ1) is 17.2. The zero-order valence-electron chi connectivity index (χ0n) is 14.7. The second-order valence-corrected chi connectivity index (χ2v) is 6.05. The van der Waals surface area contributed by atoms with Gasteiger partial charge in [0.05, 0.1) is 0 Å². The van der Waals surface area contributed by atoms with Gasteiger partial charge in [-0.2, -0.15) is 0 Å². The number of carbonyl (C=O) groups excluding carboxylic acids is 2. The van der Waals surface area contributed by atoms with Gasteiger partial charge in [0.25, 0.3) is 11.8 Å². The standard InChI is InChI=1S/C17H22N4O4/c1-4-12-14(18-9-24-12)16(22)20-6-7-21(11(3)8-20)17(23)15-13(5-2)25-10-19-15/h9-11H,4-8H2,1-3H3/t11-/m0/s1. The number of hydrogen-bond donors (Lipinski definition) is 0. The summed E-state index contributed by atoms with van der Waals surface area (Å²) < 4.78 is 10.5. The summed E-state index contributed by atoms with van der Waals surface area (Å²) in [7, 11) is 0. The zero-order chi connectivity index (χ0) is 18.0. The van der Waals surface area contributed by atoms with Crippen molar-refractivity contribution in [2.24, 2.45) is 0 Å². The van der Waals surface area contributed by atoms with Crippen molar-refractivity contribution in [3.63, 3.8) is 0 Å². The predicted octanol–water partition coefficient (Wildman–Crippen LogP) is 1.77. The fourth-order valence-corrected chi connectivity index (χ4v) is 3.12. The Morgan fingerprint density at radius 3 is 2.12 bits per heavy atom. The van der Waals surface area contributed by atoms with Crippen molar-refractivity contribution in [3.8, 4) is 0 Å². The number of amides is 2. The molecule has 1 saturated heterocycles. The molecule has 0 N–H and O–H groups in total. The van der Waals surface area contributed by atoms with E-state index in [9.17, 15) is 9.59 Å². The Hall–Kier alpha value is -2.64. The molecule has 25 heavy (non-hydrogen) atoms. The van der Waals surface area contributed by atoms with Crippen LogP contribution in [0.5, 0.6) is 0 Å². The predicted molar refractivity (Wildman–Crippen MR) is 88.2 cm³/mol. The minimum Gasteiger partial charge on any atom is -0.448 e. The highest BCUT2D eigenvalue weighted by Crippen LogP contribution is 2.19. The Kier molecular flexibility index (Phi) is 4.87. The van der Waals surface area contributed by atoms with Gasteiger partial charge in [0.2, 0.25) is 0 Å². The van der Waals surface area contributed by atoms with Crippen LogP contribution < -0.4 is 0 Å². The Balaban J connectivity index is 1.70. The van der Waals surface area contributed by atoms with Gasteiger partial charge in [-0.1, -0.05) is 13.8 Å². The van der Waals surface area contributed by atoms with E-state index in [0.29, 0.717) is 55.4 Å². The van der Waals surface area contributed by atoms with E-state index in [2.05, 4.69) is 9.97 Å². The van der Waals surface area contributed by atoms with E-state index in [0.717, 1.165) is 0 Å². The van der Waals surface area contributed by atoms with Crippen molar-refractivity contribution in [1.82, 2.24) is 19.8 Å². The SMILES string of the molecule is CCc1ocnc1C(=O)N1CCN(C(=O)c2ncoc2CC)[C@@H](C)C1. The third-order valence-corrected chi connectivity index (χ3v) is 4.50. The van der Waals surface area contributed by atoms with Crippen LogP contribution >= 0.6 is 0 Å². The van der Waals surface area contributed by atoms with Gasteiger partial charge in [-0.05, 0) is 6.92 Å². The largest absolute Gasteiger partial charge is 0.448 e. The average Bonchev–Trinajstić information content (AvgIpc) is 3.28. The highest BCUT2D eigenvalue weighted by atomic mass is 16.3. The summed E-state index contributed by atoms with van der Waals surface area (Å²) in [6, 6.07) is -0.122. The van der Waals surface area contributed by atoms with Crippen LogP contribution in [-0.2, 0) is 12.8 Å². The van der Waals surface area contributed by atoms with E-state index in [-0.39, 0.29) is 17.9 Å². The van der Waals surface area contributed by atoms with Gasteiger partial charge in [0.1, 0.15) is 11.5 Å². The lowest BCUT2D eigenvalue weighted by atomic mass is 10.1. The quantitative estimate of drug-likeness (QED) is 0.838. The molecule has 0 saturated carbocycles. The third kappa shape index (κ3) is 3.16. The maximum absolute atomic E-state index is 12.7. The van der Waals surface area contributed by atoms with Crippen molar-refractivity contribution >= 4 is 11.8 Å². The molecule has 1 fully saturated rings. The smallest absolute Gasteiger partial charge is 0.276 e. The number of aryl methyl sites for hydroxylation is 2. The summed E-state index contributed by atoms with van der Waals surface area (Å²) in [5.74, 6) is 0.873. The summed E-state index contributed by atoms with van der Waals surface area (Å²) in [6.07, 6.45) is 3.82. The molecule has 3 rings (SSSR count). The topological polar surface area (TPSA) is 92.7 Å². The van der Waals surface area contributed by atoms with Gasteiger partial charge in [-0.25, -0.2) is 9.97 Å². The van der Waals surface area contributed by atoms with E-state index >= 15 is 0 Å². The monoisotopic (exact) mass is 346 g/mol. The van der Waals surface area contributed by atoms with Crippen LogP contribution in [0.2, 0.25) is 0 Å². The fraction of sp³-hybridized carbons (Fsp3) is 0.529. The Morgan fingerprint density at radius 2 is 1.60 bits per heavy atom. The molecule has 2 aromatic rings. The van der Waals surface area contributed by atoms with E-state index in [4.69, 9.17) is 8.83 Å². The fourth-order valence-electron chi connectivity index (χ4n) is 3.12. The number of oxazole rings is 2. The molecule has 0 radical (unpaired) electrons. The van der Waals surface area contributed by atoms with Gasteiger partial charge in [0, 0.05) is 38.5 Å². The average molecular weight is 346 g/mol. The molecule has 1 aliphatic rings. The summed E-state index contributed by atoms with van der Waals surface area (Å²) in [4.78, 5) is 36.9. The molecular formula is C17H22N4O4. The maximum atomic E-state index is 12.7. The third-order valence-electron chi connectivity index (χ3n) is 4.50. The minimum absolute atomic E-state index is 0.122. The molecule has 2 aromatic heterocycles. The van der Waals surface area contributed by atoms with Gasteiger partial charge in [-0.15, -0.1) is 0 Å². The van der Waals surface area contributed by atoms with Crippen molar-refractivity contribution in [1.29, 1.82) is 0 Å². The summed E-state index contributed by atoms with van der Waals surface area (Å²) in [5, 5.41) is 0. The van der Waals surface area contributed by atoms with Crippen molar-refractivity contribution in [2.75, 3.05) is 19.6 Å². The molecule has 0 aliphatic carbocycles. The van der Waals surface area contributed by atoms with Crippen LogP contribution in [0.25, 0.3) is 0 Å². The zero-order valence-corrected chi connectivity index (χ0v) is 14.7.